The highest BCUT2D eigenvalue weighted by Crippen LogP contribution is 2.26. The quantitative estimate of drug-likeness (QED) is 0.871. The van der Waals surface area contributed by atoms with Gasteiger partial charge in [0.2, 0.25) is 0 Å². The highest BCUT2D eigenvalue weighted by molar-refractivity contribution is 6.31. The Morgan fingerprint density at radius 1 is 1.47 bits per heavy atom. The fourth-order valence-electron chi connectivity index (χ4n) is 3.04. The Bertz CT molecular complexity index is 396. The van der Waals surface area contributed by atoms with Gasteiger partial charge >= 0.3 is 0 Å². The van der Waals surface area contributed by atoms with Crippen molar-refractivity contribution in [1.29, 1.82) is 0 Å². The summed E-state index contributed by atoms with van der Waals surface area (Å²) in [6.45, 7) is 4.53. The van der Waals surface area contributed by atoms with Gasteiger partial charge < -0.3 is 5.32 Å². The van der Waals surface area contributed by atoms with Crippen LogP contribution in [-0.4, -0.2) is 35.6 Å². The molecule has 2 aliphatic rings. The van der Waals surface area contributed by atoms with Gasteiger partial charge in [0.25, 0.3) is 0 Å². The minimum Gasteiger partial charge on any atom is -0.314 e. The Kier molecular flexibility index (Phi) is 3.32. The molecule has 0 amide bonds. The van der Waals surface area contributed by atoms with Gasteiger partial charge in [0.05, 0.1) is 5.02 Å². The molecular weight excluding hydrogens is 234 g/mol. The smallest absolute Gasteiger partial charge is 0.0634 e. The van der Waals surface area contributed by atoms with Crippen LogP contribution in [0.2, 0.25) is 5.02 Å². The first kappa shape index (κ1) is 11.5. The van der Waals surface area contributed by atoms with Crippen molar-refractivity contribution in [2.24, 2.45) is 5.92 Å². The lowest BCUT2D eigenvalue weighted by atomic mass is 9.93. The van der Waals surface area contributed by atoms with Crippen LogP contribution in [0, 0.1) is 5.92 Å². The van der Waals surface area contributed by atoms with Gasteiger partial charge in [-0.05, 0) is 43.5 Å². The maximum Gasteiger partial charge on any atom is 0.0634 e. The van der Waals surface area contributed by atoms with Crippen LogP contribution in [0.25, 0.3) is 0 Å². The van der Waals surface area contributed by atoms with Gasteiger partial charge in [-0.3, -0.25) is 9.88 Å². The lowest BCUT2D eigenvalue weighted by Crippen LogP contribution is -2.43. The lowest BCUT2D eigenvalue weighted by Gasteiger charge is -2.34. The van der Waals surface area contributed by atoms with Gasteiger partial charge in [0.15, 0.2) is 0 Å². The van der Waals surface area contributed by atoms with Crippen molar-refractivity contribution < 1.29 is 0 Å². The third kappa shape index (κ3) is 2.46. The SMILES string of the molecule is Clc1cnccc1CN1CCC2NCCC2C1. The number of fused-ring (bicyclic) bond motifs is 1. The van der Waals surface area contributed by atoms with Crippen molar-refractivity contribution in [1.82, 2.24) is 15.2 Å². The average Bonchev–Trinajstić information content (AvgIpc) is 2.79. The Hall–Kier alpha value is -0.640. The monoisotopic (exact) mass is 251 g/mol. The fraction of sp³-hybridized carbons (Fsp3) is 0.615. The highest BCUT2D eigenvalue weighted by Gasteiger charge is 2.32. The third-order valence-corrected chi connectivity index (χ3v) is 4.33. The zero-order valence-electron chi connectivity index (χ0n) is 9.90. The summed E-state index contributed by atoms with van der Waals surface area (Å²) in [6, 6.07) is 2.79. The van der Waals surface area contributed by atoms with Gasteiger partial charge in [-0.25, -0.2) is 0 Å². The number of pyridine rings is 1. The summed E-state index contributed by atoms with van der Waals surface area (Å²) in [5.41, 5.74) is 1.20. The van der Waals surface area contributed by atoms with Crippen molar-refractivity contribution in [2.45, 2.75) is 25.4 Å². The molecule has 92 valence electrons. The number of hydrogen-bond donors (Lipinski definition) is 1. The largest absolute Gasteiger partial charge is 0.314 e. The molecule has 0 aromatic carbocycles. The zero-order valence-corrected chi connectivity index (χ0v) is 10.7. The molecule has 2 aliphatic heterocycles. The summed E-state index contributed by atoms with van der Waals surface area (Å²) in [4.78, 5) is 6.55. The summed E-state index contributed by atoms with van der Waals surface area (Å²) in [5.74, 6) is 0.837. The molecule has 0 saturated carbocycles. The van der Waals surface area contributed by atoms with Crippen molar-refractivity contribution in [3.8, 4) is 0 Å². The van der Waals surface area contributed by atoms with Crippen LogP contribution in [0.4, 0.5) is 0 Å². The number of hydrogen-bond acceptors (Lipinski definition) is 3. The van der Waals surface area contributed by atoms with E-state index in [1.165, 1.54) is 38.0 Å². The molecule has 2 unspecified atom stereocenters. The Morgan fingerprint density at radius 2 is 2.41 bits per heavy atom. The molecule has 1 aromatic heterocycles. The molecule has 0 radical (unpaired) electrons. The first-order chi connectivity index (χ1) is 8.33. The van der Waals surface area contributed by atoms with E-state index in [-0.39, 0.29) is 0 Å². The van der Waals surface area contributed by atoms with Gasteiger partial charge in [0, 0.05) is 31.5 Å². The van der Waals surface area contributed by atoms with E-state index in [1.54, 1.807) is 6.20 Å². The molecule has 1 N–H and O–H groups in total. The first-order valence-corrected chi connectivity index (χ1v) is 6.75. The van der Waals surface area contributed by atoms with Crippen molar-refractivity contribution in [2.75, 3.05) is 19.6 Å². The number of aromatic nitrogens is 1. The van der Waals surface area contributed by atoms with E-state index in [9.17, 15) is 0 Å². The van der Waals surface area contributed by atoms with Crippen molar-refractivity contribution in [3.05, 3.63) is 29.0 Å². The van der Waals surface area contributed by atoms with E-state index >= 15 is 0 Å². The number of rotatable bonds is 2. The molecule has 4 heteroatoms. The molecule has 3 rings (SSSR count). The second-order valence-corrected chi connectivity index (χ2v) is 5.51. The predicted molar refractivity (Wildman–Crippen MR) is 69.0 cm³/mol. The van der Waals surface area contributed by atoms with E-state index in [1.807, 2.05) is 12.3 Å². The second-order valence-electron chi connectivity index (χ2n) is 5.10. The topological polar surface area (TPSA) is 28.2 Å². The normalized spacial score (nSPS) is 29.2. The van der Waals surface area contributed by atoms with E-state index < -0.39 is 0 Å². The van der Waals surface area contributed by atoms with Gasteiger partial charge in [-0.2, -0.15) is 0 Å². The van der Waals surface area contributed by atoms with E-state index in [0.717, 1.165) is 23.5 Å². The third-order valence-electron chi connectivity index (χ3n) is 3.99. The molecule has 0 bridgehead atoms. The summed E-state index contributed by atoms with van der Waals surface area (Å²) < 4.78 is 0. The van der Waals surface area contributed by atoms with Crippen molar-refractivity contribution in [3.63, 3.8) is 0 Å². The van der Waals surface area contributed by atoms with Crippen LogP contribution >= 0.6 is 11.6 Å². The van der Waals surface area contributed by atoms with Crippen LogP contribution in [0.15, 0.2) is 18.5 Å². The molecule has 2 atom stereocenters. The fourth-order valence-corrected chi connectivity index (χ4v) is 3.22. The number of nitrogens with zero attached hydrogens (tertiary/aromatic N) is 2. The second kappa shape index (κ2) is 4.92. The molecule has 0 aliphatic carbocycles. The molecule has 2 saturated heterocycles. The van der Waals surface area contributed by atoms with Crippen LogP contribution in [0.3, 0.4) is 0 Å². The number of nitrogens with one attached hydrogen (secondary N) is 1. The summed E-state index contributed by atoms with van der Waals surface area (Å²) >= 11 is 6.15. The summed E-state index contributed by atoms with van der Waals surface area (Å²) in [7, 11) is 0. The van der Waals surface area contributed by atoms with E-state index in [4.69, 9.17) is 11.6 Å². The molecular formula is C13H18ClN3. The highest BCUT2D eigenvalue weighted by atomic mass is 35.5. The number of likely N-dealkylation sites (tertiary alicyclic amines) is 1. The van der Waals surface area contributed by atoms with E-state index in [2.05, 4.69) is 15.2 Å². The molecule has 3 nitrogen and oxygen atoms in total. The number of piperidine rings is 1. The van der Waals surface area contributed by atoms with Gasteiger partial charge in [0.1, 0.15) is 0 Å². The van der Waals surface area contributed by atoms with Gasteiger partial charge in [-0.15, -0.1) is 0 Å². The lowest BCUT2D eigenvalue weighted by molar-refractivity contribution is 0.156. The Morgan fingerprint density at radius 3 is 3.29 bits per heavy atom. The standard InChI is InChI=1S/C13H18ClN3/c14-12-7-15-4-1-10(12)8-17-6-3-13-11(9-17)2-5-16-13/h1,4,7,11,13,16H,2-3,5-6,8-9H2. The molecule has 1 aromatic rings. The van der Waals surface area contributed by atoms with Crippen LogP contribution in [0.5, 0.6) is 0 Å². The van der Waals surface area contributed by atoms with Gasteiger partial charge in [-0.1, -0.05) is 11.6 Å². The van der Waals surface area contributed by atoms with Crippen LogP contribution in [0.1, 0.15) is 18.4 Å². The first-order valence-electron chi connectivity index (χ1n) is 6.37. The Labute approximate surface area is 107 Å². The molecule has 0 spiro atoms. The number of halogens is 1. The predicted octanol–water partition coefficient (Wildman–Crippen LogP) is 1.92. The molecule has 17 heavy (non-hydrogen) atoms. The molecule has 3 heterocycles. The summed E-state index contributed by atoms with van der Waals surface area (Å²) in [6.07, 6.45) is 6.16. The minimum absolute atomic E-state index is 0.763. The Balaban J connectivity index is 1.64. The average molecular weight is 252 g/mol. The van der Waals surface area contributed by atoms with Crippen LogP contribution < -0.4 is 5.32 Å². The maximum atomic E-state index is 6.15. The maximum absolute atomic E-state index is 6.15. The summed E-state index contributed by atoms with van der Waals surface area (Å²) in [5, 5.41) is 4.38. The molecule has 2 fully saturated rings. The zero-order chi connectivity index (χ0) is 11.7. The van der Waals surface area contributed by atoms with Crippen molar-refractivity contribution >= 4 is 11.6 Å². The minimum atomic E-state index is 0.763. The van der Waals surface area contributed by atoms with Crippen LogP contribution in [-0.2, 0) is 6.54 Å². The van der Waals surface area contributed by atoms with E-state index in [0.29, 0.717) is 0 Å².